The monoisotopic (exact) mass is 210 g/mol. The van der Waals surface area contributed by atoms with Crippen LogP contribution in [-0.4, -0.2) is 38.6 Å². The second-order valence-corrected chi connectivity index (χ2v) is 3.41. The van der Waals surface area contributed by atoms with Crippen molar-refractivity contribution < 1.29 is 9.59 Å². The maximum Gasteiger partial charge on any atom is 0.251 e. The Hall–Kier alpha value is -1.99. The first-order chi connectivity index (χ1) is 7.09. The lowest BCUT2D eigenvalue weighted by molar-refractivity contribution is -0.123. The van der Waals surface area contributed by atoms with Crippen LogP contribution in [0.15, 0.2) is 0 Å². The summed E-state index contributed by atoms with van der Waals surface area (Å²) in [5.74, 6) is -0.768. The number of carbonyl (C=O) groups is 2. The highest BCUT2D eigenvalue weighted by Crippen LogP contribution is 2.21. The molecule has 2 N–H and O–H groups in total. The summed E-state index contributed by atoms with van der Waals surface area (Å²) in [7, 11) is 1.63. The van der Waals surface area contributed by atoms with Crippen LogP contribution in [0.2, 0.25) is 0 Å². The number of aryl methyl sites for hydroxylation is 1. The van der Waals surface area contributed by atoms with Gasteiger partial charge in [0.05, 0.1) is 5.92 Å². The summed E-state index contributed by atoms with van der Waals surface area (Å²) in [6, 6.07) is 0. The van der Waals surface area contributed by atoms with E-state index in [1.165, 1.54) is 9.58 Å². The van der Waals surface area contributed by atoms with Gasteiger partial charge in [0.1, 0.15) is 0 Å². The topological polar surface area (TPSA) is 107 Å². The predicted octanol–water partition coefficient (Wildman–Crippen LogP) is -1.95. The van der Waals surface area contributed by atoms with Gasteiger partial charge < -0.3 is 5.73 Å². The van der Waals surface area contributed by atoms with E-state index in [0.717, 1.165) is 0 Å². The molecular weight excluding hydrogens is 200 g/mol. The maximum atomic E-state index is 11.5. The zero-order chi connectivity index (χ0) is 11.0. The number of rotatable bonds is 2. The van der Waals surface area contributed by atoms with E-state index in [4.69, 9.17) is 5.73 Å². The van der Waals surface area contributed by atoms with E-state index in [0.29, 0.717) is 5.95 Å². The number of hydrogen-bond donors (Lipinski definition) is 1. The molecule has 1 aromatic rings. The second kappa shape index (κ2) is 3.30. The highest BCUT2D eigenvalue weighted by atomic mass is 16.2. The van der Waals surface area contributed by atoms with Crippen molar-refractivity contribution in [2.45, 2.75) is 6.42 Å². The smallest absolute Gasteiger partial charge is 0.251 e. The summed E-state index contributed by atoms with van der Waals surface area (Å²) in [4.78, 5) is 23.9. The van der Waals surface area contributed by atoms with Crippen molar-refractivity contribution in [3.8, 4) is 0 Å². The molecule has 2 heterocycles. The van der Waals surface area contributed by atoms with Gasteiger partial charge in [-0.05, 0) is 10.4 Å². The molecule has 0 aromatic carbocycles. The summed E-state index contributed by atoms with van der Waals surface area (Å²) in [6.45, 7) is 0.252. The van der Waals surface area contributed by atoms with Gasteiger partial charge in [-0.3, -0.25) is 14.5 Å². The number of tetrazole rings is 1. The third-order valence-corrected chi connectivity index (χ3v) is 2.37. The van der Waals surface area contributed by atoms with Crippen molar-refractivity contribution in [3.05, 3.63) is 0 Å². The maximum absolute atomic E-state index is 11.5. The van der Waals surface area contributed by atoms with E-state index in [2.05, 4.69) is 15.5 Å². The van der Waals surface area contributed by atoms with Crippen LogP contribution in [0.1, 0.15) is 6.42 Å². The van der Waals surface area contributed by atoms with Gasteiger partial charge in [0.25, 0.3) is 5.95 Å². The fraction of sp³-hybridized carbons (Fsp3) is 0.571. The molecule has 15 heavy (non-hydrogen) atoms. The van der Waals surface area contributed by atoms with Crippen molar-refractivity contribution >= 4 is 17.8 Å². The molecule has 1 fully saturated rings. The molecule has 0 radical (unpaired) electrons. The molecule has 2 rings (SSSR count). The summed E-state index contributed by atoms with van der Waals surface area (Å²) in [5.41, 5.74) is 5.14. The first-order valence-electron chi connectivity index (χ1n) is 4.41. The Bertz CT molecular complexity index is 413. The van der Waals surface area contributed by atoms with E-state index in [-0.39, 0.29) is 18.9 Å². The summed E-state index contributed by atoms with van der Waals surface area (Å²) in [5, 5.41) is 10.7. The number of nitrogens with zero attached hydrogens (tertiary/aromatic N) is 5. The van der Waals surface area contributed by atoms with Gasteiger partial charge in [0.2, 0.25) is 11.8 Å². The number of anilines is 1. The van der Waals surface area contributed by atoms with Crippen molar-refractivity contribution in [2.24, 2.45) is 18.7 Å². The van der Waals surface area contributed by atoms with Crippen LogP contribution >= 0.6 is 0 Å². The normalized spacial score (nSPS) is 21.0. The second-order valence-electron chi connectivity index (χ2n) is 3.41. The van der Waals surface area contributed by atoms with Crippen LogP contribution in [0, 0.1) is 5.92 Å². The molecule has 0 spiro atoms. The Kier molecular flexibility index (Phi) is 2.10. The Morgan fingerprint density at radius 1 is 1.60 bits per heavy atom. The van der Waals surface area contributed by atoms with Crippen molar-refractivity contribution in [1.82, 2.24) is 20.2 Å². The third-order valence-electron chi connectivity index (χ3n) is 2.37. The van der Waals surface area contributed by atoms with E-state index < -0.39 is 11.8 Å². The van der Waals surface area contributed by atoms with Gasteiger partial charge in [-0.25, -0.2) is 4.68 Å². The minimum Gasteiger partial charge on any atom is -0.369 e. The molecule has 2 amide bonds. The van der Waals surface area contributed by atoms with E-state index in [1.54, 1.807) is 7.05 Å². The van der Waals surface area contributed by atoms with E-state index in [9.17, 15) is 9.59 Å². The molecular formula is C7H10N6O2. The Labute approximate surface area is 85.0 Å². The predicted molar refractivity (Wildman–Crippen MR) is 48.5 cm³/mol. The zero-order valence-electron chi connectivity index (χ0n) is 8.12. The van der Waals surface area contributed by atoms with Crippen molar-refractivity contribution in [3.63, 3.8) is 0 Å². The number of primary amides is 1. The molecule has 8 heteroatoms. The zero-order valence-corrected chi connectivity index (χ0v) is 8.12. The van der Waals surface area contributed by atoms with Crippen LogP contribution in [0.3, 0.4) is 0 Å². The Morgan fingerprint density at radius 3 is 2.80 bits per heavy atom. The van der Waals surface area contributed by atoms with E-state index in [1.807, 2.05) is 0 Å². The standard InChI is InChI=1S/C7H10N6O2/c1-12-7(9-10-11-12)13-3-4(6(8)15)2-5(13)14/h4H,2-3H2,1H3,(H2,8,15). The average molecular weight is 210 g/mol. The molecule has 1 unspecified atom stereocenters. The van der Waals surface area contributed by atoms with Gasteiger partial charge >= 0.3 is 0 Å². The molecule has 8 nitrogen and oxygen atoms in total. The highest BCUT2D eigenvalue weighted by molar-refractivity contribution is 5.98. The largest absolute Gasteiger partial charge is 0.369 e. The van der Waals surface area contributed by atoms with Crippen LogP contribution in [0.5, 0.6) is 0 Å². The van der Waals surface area contributed by atoms with Crippen LogP contribution in [0.25, 0.3) is 0 Å². The number of amides is 2. The Morgan fingerprint density at radius 2 is 2.33 bits per heavy atom. The lowest BCUT2D eigenvalue weighted by atomic mass is 10.1. The molecule has 1 atom stereocenters. The minimum absolute atomic E-state index is 0.127. The molecule has 0 bridgehead atoms. The molecule has 80 valence electrons. The molecule has 1 aliphatic heterocycles. The molecule has 1 aliphatic rings. The minimum atomic E-state index is -0.471. The molecule has 0 aliphatic carbocycles. The quantitative estimate of drug-likeness (QED) is 0.610. The first-order valence-corrected chi connectivity index (χ1v) is 4.41. The van der Waals surface area contributed by atoms with Crippen LogP contribution in [-0.2, 0) is 16.6 Å². The fourth-order valence-corrected chi connectivity index (χ4v) is 1.54. The van der Waals surface area contributed by atoms with Crippen LogP contribution < -0.4 is 10.6 Å². The summed E-state index contributed by atoms with van der Waals surface area (Å²) < 4.78 is 1.38. The first kappa shape index (κ1) is 9.56. The van der Waals surface area contributed by atoms with E-state index >= 15 is 0 Å². The molecule has 1 aromatic heterocycles. The van der Waals surface area contributed by atoms with Gasteiger partial charge in [-0.1, -0.05) is 5.10 Å². The number of carbonyl (C=O) groups excluding carboxylic acids is 2. The number of aromatic nitrogens is 4. The third kappa shape index (κ3) is 1.53. The SMILES string of the molecule is Cn1nnnc1N1CC(C(N)=O)CC1=O. The van der Waals surface area contributed by atoms with Crippen molar-refractivity contribution in [2.75, 3.05) is 11.4 Å². The van der Waals surface area contributed by atoms with Gasteiger partial charge in [-0.15, -0.1) is 0 Å². The van der Waals surface area contributed by atoms with Crippen molar-refractivity contribution in [1.29, 1.82) is 0 Å². The Balaban J connectivity index is 2.22. The highest BCUT2D eigenvalue weighted by Gasteiger charge is 2.36. The van der Waals surface area contributed by atoms with Gasteiger partial charge in [-0.2, -0.15) is 0 Å². The lowest BCUT2D eigenvalue weighted by Gasteiger charge is -2.12. The summed E-state index contributed by atoms with van der Waals surface area (Å²) >= 11 is 0. The molecule has 0 saturated carbocycles. The fourth-order valence-electron chi connectivity index (χ4n) is 1.54. The van der Waals surface area contributed by atoms with Crippen LogP contribution in [0.4, 0.5) is 5.95 Å². The van der Waals surface area contributed by atoms with Gasteiger partial charge in [0, 0.05) is 20.0 Å². The number of hydrogen-bond acceptors (Lipinski definition) is 5. The number of nitrogens with two attached hydrogens (primary N) is 1. The summed E-state index contributed by atoms with van der Waals surface area (Å²) in [6.07, 6.45) is 0.127. The molecule has 1 saturated heterocycles. The lowest BCUT2D eigenvalue weighted by Crippen LogP contribution is -2.30. The van der Waals surface area contributed by atoms with Gasteiger partial charge in [0.15, 0.2) is 0 Å². The average Bonchev–Trinajstić information content (AvgIpc) is 2.71.